The summed E-state index contributed by atoms with van der Waals surface area (Å²) < 4.78 is 5.63. The predicted molar refractivity (Wildman–Crippen MR) is 123 cm³/mol. The normalized spacial score (nSPS) is 10.7. The van der Waals surface area contributed by atoms with Gasteiger partial charge < -0.3 is 10.1 Å². The third-order valence-electron chi connectivity index (χ3n) is 4.63. The molecule has 2 N–H and O–H groups in total. The van der Waals surface area contributed by atoms with Crippen molar-refractivity contribution in [2.45, 2.75) is 33.3 Å². The Bertz CT molecular complexity index is 1020. The highest BCUT2D eigenvalue weighted by Crippen LogP contribution is 2.21. The van der Waals surface area contributed by atoms with Gasteiger partial charge in [0, 0.05) is 22.2 Å². The molecule has 0 spiro atoms. The van der Waals surface area contributed by atoms with Crippen LogP contribution in [0, 0.1) is 5.92 Å². The largest absolute Gasteiger partial charge is 0.486 e. The van der Waals surface area contributed by atoms with Gasteiger partial charge in [-0.15, -0.1) is 10.2 Å². The summed E-state index contributed by atoms with van der Waals surface area (Å²) in [6.07, 6.45) is 1.58. The van der Waals surface area contributed by atoms with Crippen LogP contribution in [-0.2, 0) is 11.4 Å². The highest BCUT2D eigenvalue weighted by Gasteiger charge is 2.15. The van der Waals surface area contributed by atoms with Gasteiger partial charge in [-0.3, -0.25) is 14.9 Å². The third kappa shape index (κ3) is 6.50. The monoisotopic (exact) mass is 458 g/mol. The lowest BCUT2D eigenvalue weighted by Gasteiger charge is -2.12. The number of nitrogens with one attached hydrogen (secondary N) is 2. The molecule has 0 aliphatic carbocycles. The summed E-state index contributed by atoms with van der Waals surface area (Å²) in [4.78, 5) is 24.6. The van der Waals surface area contributed by atoms with Crippen LogP contribution in [0.15, 0.2) is 48.5 Å². The Morgan fingerprint density at radius 1 is 1.00 bits per heavy atom. The fourth-order valence-corrected chi connectivity index (χ4v) is 3.59. The minimum Gasteiger partial charge on any atom is -0.486 e. The molecule has 0 aliphatic rings. The number of ether oxygens (including phenoxy) is 1. The summed E-state index contributed by atoms with van der Waals surface area (Å²) in [6.45, 7) is 4.22. The number of benzene rings is 2. The van der Waals surface area contributed by atoms with Crippen molar-refractivity contribution in [1.29, 1.82) is 0 Å². The van der Waals surface area contributed by atoms with E-state index >= 15 is 0 Å². The van der Waals surface area contributed by atoms with Crippen molar-refractivity contribution in [2.24, 2.45) is 5.92 Å². The molecule has 31 heavy (non-hydrogen) atoms. The Labute approximate surface area is 189 Å². The summed E-state index contributed by atoms with van der Waals surface area (Å²) in [5.74, 6) is 0.336. The fraction of sp³-hybridized carbons (Fsp3) is 0.273. The lowest BCUT2D eigenvalue weighted by Crippen LogP contribution is -2.21. The van der Waals surface area contributed by atoms with Crippen LogP contribution < -0.4 is 15.4 Å². The van der Waals surface area contributed by atoms with E-state index in [1.54, 1.807) is 48.5 Å². The maximum atomic E-state index is 12.5. The SMILES string of the molecule is CCC(CC)C(=O)Nc1ccc(C(=O)Nc2nnc(COc3ccc(Cl)cc3)s2)cc1. The number of carbonyl (C=O) groups excluding carboxylic acids is 2. The van der Waals surface area contributed by atoms with Gasteiger partial charge in [-0.25, -0.2) is 0 Å². The molecule has 0 fully saturated rings. The van der Waals surface area contributed by atoms with E-state index < -0.39 is 0 Å². The topological polar surface area (TPSA) is 93.2 Å². The molecule has 0 unspecified atom stereocenters. The first-order valence-electron chi connectivity index (χ1n) is 9.91. The average molecular weight is 459 g/mol. The molecule has 0 saturated heterocycles. The van der Waals surface area contributed by atoms with Crippen LogP contribution in [0.1, 0.15) is 42.1 Å². The van der Waals surface area contributed by atoms with Gasteiger partial charge in [-0.1, -0.05) is 36.8 Å². The first-order valence-corrected chi connectivity index (χ1v) is 11.1. The molecule has 1 heterocycles. The zero-order valence-corrected chi connectivity index (χ0v) is 18.8. The summed E-state index contributed by atoms with van der Waals surface area (Å²) in [6, 6.07) is 13.7. The first kappa shape index (κ1) is 22.7. The molecular weight excluding hydrogens is 436 g/mol. The van der Waals surface area contributed by atoms with E-state index in [1.165, 1.54) is 11.3 Å². The average Bonchev–Trinajstić information content (AvgIpc) is 3.22. The van der Waals surface area contributed by atoms with E-state index in [0.717, 1.165) is 12.8 Å². The molecule has 0 saturated carbocycles. The highest BCUT2D eigenvalue weighted by molar-refractivity contribution is 7.15. The van der Waals surface area contributed by atoms with E-state index in [0.29, 0.717) is 32.2 Å². The van der Waals surface area contributed by atoms with Crippen molar-refractivity contribution in [2.75, 3.05) is 10.6 Å². The molecule has 162 valence electrons. The molecule has 3 aromatic rings. The maximum Gasteiger partial charge on any atom is 0.257 e. The van der Waals surface area contributed by atoms with E-state index in [1.807, 2.05) is 13.8 Å². The maximum absolute atomic E-state index is 12.5. The Kier molecular flexibility index (Phi) is 7.97. The second-order valence-corrected chi connectivity index (χ2v) is 8.28. The molecule has 0 atom stereocenters. The van der Waals surface area contributed by atoms with Crippen LogP contribution in [0.2, 0.25) is 5.02 Å². The van der Waals surface area contributed by atoms with Crippen LogP contribution >= 0.6 is 22.9 Å². The summed E-state index contributed by atoms with van der Waals surface area (Å²) in [7, 11) is 0. The molecule has 0 radical (unpaired) electrons. The van der Waals surface area contributed by atoms with Crippen LogP contribution in [0.25, 0.3) is 0 Å². The van der Waals surface area contributed by atoms with Gasteiger partial charge in [-0.05, 0) is 61.4 Å². The fourth-order valence-electron chi connectivity index (χ4n) is 2.82. The van der Waals surface area contributed by atoms with E-state index in [4.69, 9.17) is 16.3 Å². The third-order valence-corrected chi connectivity index (χ3v) is 5.70. The standard InChI is InChI=1S/C22H23ClN4O3S/c1-3-14(4-2)20(28)24-17-9-5-15(6-10-17)21(29)25-22-27-26-19(31-22)13-30-18-11-7-16(23)8-12-18/h5-12,14H,3-4,13H2,1-2H3,(H,24,28)(H,25,27,29). The van der Waals surface area contributed by atoms with E-state index in [-0.39, 0.29) is 24.3 Å². The number of hydrogen-bond acceptors (Lipinski definition) is 6. The van der Waals surface area contributed by atoms with Crippen molar-refractivity contribution in [3.05, 3.63) is 64.1 Å². The molecule has 0 bridgehead atoms. The number of aromatic nitrogens is 2. The van der Waals surface area contributed by atoms with Gasteiger partial charge in [0.1, 0.15) is 12.4 Å². The second-order valence-electron chi connectivity index (χ2n) is 6.78. The number of amides is 2. The molecule has 2 aromatic carbocycles. The number of halogens is 1. The summed E-state index contributed by atoms with van der Waals surface area (Å²) >= 11 is 7.09. The summed E-state index contributed by atoms with van der Waals surface area (Å²) in [5, 5.41) is 15.3. The summed E-state index contributed by atoms with van der Waals surface area (Å²) in [5.41, 5.74) is 1.11. The van der Waals surface area contributed by atoms with Crippen molar-refractivity contribution < 1.29 is 14.3 Å². The Morgan fingerprint density at radius 3 is 2.32 bits per heavy atom. The van der Waals surface area contributed by atoms with Crippen molar-refractivity contribution in [1.82, 2.24) is 10.2 Å². The zero-order valence-electron chi connectivity index (χ0n) is 17.2. The molecular formula is C22H23ClN4O3S. The Balaban J connectivity index is 1.53. The number of rotatable bonds is 9. The van der Waals surface area contributed by atoms with Crippen LogP contribution in [0.4, 0.5) is 10.8 Å². The minimum atomic E-state index is -0.306. The minimum absolute atomic E-state index is 0.00981. The smallest absolute Gasteiger partial charge is 0.257 e. The lowest BCUT2D eigenvalue weighted by molar-refractivity contribution is -0.120. The van der Waals surface area contributed by atoms with Gasteiger partial charge in [0.25, 0.3) is 5.91 Å². The van der Waals surface area contributed by atoms with Gasteiger partial charge >= 0.3 is 0 Å². The van der Waals surface area contributed by atoms with Crippen molar-refractivity contribution in [3.8, 4) is 5.75 Å². The molecule has 3 rings (SSSR count). The van der Waals surface area contributed by atoms with Gasteiger partial charge in [0.05, 0.1) is 0 Å². The number of hydrogen-bond donors (Lipinski definition) is 2. The first-order chi connectivity index (χ1) is 15.0. The molecule has 7 nitrogen and oxygen atoms in total. The van der Waals surface area contributed by atoms with E-state index in [2.05, 4.69) is 20.8 Å². The zero-order chi connectivity index (χ0) is 22.2. The quantitative estimate of drug-likeness (QED) is 0.448. The van der Waals surface area contributed by atoms with Gasteiger partial charge in [-0.2, -0.15) is 0 Å². The Hall–Kier alpha value is -2.97. The molecule has 0 aliphatic heterocycles. The number of anilines is 2. The van der Waals surface area contributed by atoms with Crippen LogP contribution in [-0.4, -0.2) is 22.0 Å². The van der Waals surface area contributed by atoms with Crippen LogP contribution in [0.3, 0.4) is 0 Å². The van der Waals surface area contributed by atoms with Crippen molar-refractivity contribution in [3.63, 3.8) is 0 Å². The van der Waals surface area contributed by atoms with Gasteiger partial charge in [0.2, 0.25) is 11.0 Å². The molecule has 9 heteroatoms. The Morgan fingerprint density at radius 2 is 1.68 bits per heavy atom. The molecule has 1 aromatic heterocycles. The van der Waals surface area contributed by atoms with Gasteiger partial charge in [0.15, 0.2) is 5.01 Å². The molecule has 2 amide bonds. The van der Waals surface area contributed by atoms with Crippen LogP contribution in [0.5, 0.6) is 5.75 Å². The van der Waals surface area contributed by atoms with Crippen molar-refractivity contribution >= 4 is 45.6 Å². The predicted octanol–water partition coefficient (Wildman–Crippen LogP) is 5.40. The number of carbonyl (C=O) groups is 2. The lowest BCUT2D eigenvalue weighted by atomic mass is 10.0. The second kappa shape index (κ2) is 10.9. The highest BCUT2D eigenvalue weighted by atomic mass is 35.5. The number of nitrogens with zero attached hydrogens (tertiary/aromatic N) is 2. The van der Waals surface area contributed by atoms with E-state index in [9.17, 15) is 9.59 Å².